The van der Waals surface area contributed by atoms with Crippen molar-refractivity contribution in [1.82, 2.24) is 19.6 Å². The standard InChI is InChI=1S/C23H20BrClFN5O/c1-14-9-15(2)31(28-14)11-16-5-3-6-17(10-16)23(32)27-22-19(24)13-30(29-22)12-18-20(25)7-4-8-21(18)26/h3-10,13H,11-12H2,1-2H3,(H,27,29,32). The molecule has 0 aliphatic heterocycles. The van der Waals surface area contributed by atoms with Gasteiger partial charge in [0.15, 0.2) is 5.82 Å². The number of aromatic nitrogens is 4. The van der Waals surface area contributed by atoms with Gasteiger partial charge >= 0.3 is 0 Å². The second kappa shape index (κ2) is 9.26. The topological polar surface area (TPSA) is 64.7 Å². The van der Waals surface area contributed by atoms with Crippen LogP contribution in [0.4, 0.5) is 10.2 Å². The molecule has 0 radical (unpaired) electrons. The largest absolute Gasteiger partial charge is 0.304 e. The van der Waals surface area contributed by atoms with E-state index in [1.807, 2.05) is 42.8 Å². The van der Waals surface area contributed by atoms with Crippen molar-refractivity contribution in [2.75, 3.05) is 5.32 Å². The van der Waals surface area contributed by atoms with Gasteiger partial charge < -0.3 is 5.32 Å². The summed E-state index contributed by atoms with van der Waals surface area (Å²) in [7, 11) is 0. The number of halogens is 3. The summed E-state index contributed by atoms with van der Waals surface area (Å²) in [6.45, 7) is 4.66. The fourth-order valence-corrected chi connectivity index (χ4v) is 4.04. The molecule has 0 aliphatic rings. The number of anilines is 1. The van der Waals surface area contributed by atoms with Crippen LogP contribution >= 0.6 is 27.5 Å². The lowest BCUT2D eigenvalue weighted by Gasteiger charge is -2.08. The summed E-state index contributed by atoms with van der Waals surface area (Å²) in [5, 5.41) is 11.9. The van der Waals surface area contributed by atoms with Crippen molar-refractivity contribution >= 4 is 39.3 Å². The van der Waals surface area contributed by atoms with Crippen LogP contribution in [0.25, 0.3) is 0 Å². The number of nitrogens with zero attached hydrogens (tertiary/aromatic N) is 4. The molecule has 164 valence electrons. The molecule has 0 spiro atoms. The van der Waals surface area contributed by atoms with Gasteiger partial charge in [-0.25, -0.2) is 4.39 Å². The summed E-state index contributed by atoms with van der Waals surface area (Å²) in [6, 6.07) is 13.9. The molecule has 0 saturated carbocycles. The smallest absolute Gasteiger partial charge is 0.256 e. The van der Waals surface area contributed by atoms with E-state index in [9.17, 15) is 9.18 Å². The van der Waals surface area contributed by atoms with E-state index >= 15 is 0 Å². The SMILES string of the molecule is Cc1cc(C)n(Cc2cccc(C(=O)Nc3nn(Cc4c(F)cccc4Cl)cc3Br)c2)n1. The molecule has 4 rings (SSSR count). The van der Waals surface area contributed by atoms with Crippen molar-refractivity contribution in [3.8, 4) is 0 Å². The van der Waals surface area contributed by atoms with Gasteiger partial charge in [0.1, 0.15) is 5.82 Å². The van der Waals surface area contributed by atoms with Crippen molar-refractivity contribution in [1.29, 1.82) is 0 Å². The van der Waals surface area contributed by atoms with E-state index in [1.165, 1.54) is 10.7 Å². The van der Waals surface area contributed by atoms with E-state index in [-0.39, 0.29) is 12.5 Å². The van der Waals surface area contributed by atoms with Crippen LogP contribution in [-0.2, 0) is 13.1 Å². The molecule has 2 aromatic heterocycles. The Morgan fingerprint density at radius 2 is 1.91 bits per heavy atom. The van der Waals surface area contributed by atoms with E-state index in [0.717, 1.165) is 17.0 Å². The molecule has 0 fully saturated rings. The number of hydrogen-bond acceptors (Lipinski definition) is 3. The zero-order valence-corrected chi connectivity index (χ0v) is 19.8. The summed E-state index contributed by atoms with van der Waals surface area (Å²) in [5.74, 6) is -0.365. The maximum absolute atomic E-state index is 14.1. The molecular weight excluding hydrogens is 497 g/mol. The van der Waals surface area contributed by atoms with Gasteiger partial charge in [0, 0.05) is 28.0 Å². The number of hydrogen-bond donors (Lipinski definition) is 1. The molecule has 9 heteroatoms. The van der Waals surface area contributed by atoms with E-state index in [4.69, 9.17) is 11.6 Å². The minimum Gasteiger partial charge on any atom is -0.304 e. The molecule has 0 bridgehead atoms. The maximum atomic E-state index is 14.1. The number of benzene rings is 2. The van der Waals surface area contributed by atoms with Gasteiger partial charge in [0.25, 0.3) is 5.91 Å². The van der Waals surface area contributed by atoms with Crippen molar-refractivity contribution in [3.05, 3.63) is 98.1 Å². The van der Waals surface area contributed by atoms with E-state index in [0.29, 0.717) is 33.0 Å². The first-order valence-corrected chi connectivity index (χ1v) is 11.0. The zero-order valence-electron chi connectivity index (χ0n) is 17.4. The first-order chi connectivity index (χ1) is 15.3. The summed E-state index contributed by atoms with van der Waals surface area (Å²) in [4.78, 5) is 12.8. The van der Waals surface area contributed by atoms with Crippen LogP contribution in [-0.4, -0.2) is 25.5 Å². The summed E-state index contributed by atoms with van der Waals surface area (Å²) >= 11 is 9.51. The number of nitrogens with one attached hydrogen (secondary N) is 1. The molecule has 2 heterocycles. The van der Waals surface area contributed by atoms with Crippen LogP contribution in [0.5, 0.6) is 0 Å². The monoisotopic (exact) mass is 515 g/mol. The average Bonchev–Trinajstić information content (AvgIpc) is 3.25. The Bertz CT molecular complexity index is 1280. The van der Waals surface area contributed by atoms with Gasteiger partial charge in [0.05, 0.1) is 23.3 Å². The lowest BCUT2D eigenvalue weighted by atomic mass is 10.1. The van der Waals surface area contributed by atoms with Gasteiger partial charge in [-0.1, -0.05) is 29.8 Å². The molecule has 32 heavy (non-hydrogen) atoms. The predicted molar refractivity (Wildman–Crippen MR) is 126 cm³/mol. The minimum absolute atomic E-state index is 0.137. The highest BCUT2D eigenvalue weighted by Crippen LogP contribution is 2.24. The quantitative estimate of drug-likeness (QED) is 0.363. The Morgan fingerprint density at radius 3 is 2.62 bits per heavy atom. The van der Waals surface area contributed by atoms with E-state index in [2.05, 4.69) is 31.4 Å². The van der Waals surface area contributed by atoms with Gasteiger partial charge in [-0.3, -0.25) is 14.2 Å². The van der Waals surface area contributed by atoms with Gasteiger partial charge in [-0.05, 0) is 65.7 Å². The number of amides is 1. The molecule has 2 aromatic carbocycles. The van der Waals surface area contributed by atoms with Crippen LogP contribution in [0.3, 0.4) is 0 Å². The Morgan fingerprint density at radius 1 is 1.12 bits per heavy atom. The predicted octanol–water partition coefficient (Wildman–Crippen LogP) is 5.60. The van der Waals surface area contributed by atoms with Crippen molar-refractivity contribution in [2.24, 2.45) is 0 Å². The fourth-order valence-electron chi connectivity index (χ4n) is 3.41. The molecule has 4 aromatic rings. The molecule has 0 atom stereocenters. The van der Waals surface area contributed by atoms with Gasteiger partial charge in [0.2, 0.25) is 0 Å². The number of carbonyl (C=O) groups is 1. The first kappa shape index (κ1) is 22.2. The number of carbonyl (C=O) groups excluding carboxylic acids is 1. The highest BCUT2D eigenvalue weighted by Gasteiger charge is 2.15. The summed E-state index contributed by atoms with van der Waals surface area (Å²) in [5.41, 5.74) is 3.81. The Labute approximate surface area is 198 Å². The third-order valence-corrected chi connectivity index (χ3v) is 5.89. The highest BCUT2D eigenvalue weighted by molar-refractivity contribution is 9.10. The number of aryl methyl sites for hydroxylation is 2. The third-order valence-electron chi connectivity index (χ3n) is 4.96. The van der Waals surface area contributed by atoms with Crippen LogP contribution in [0.1, 0.15) is 32.9 Å². The molecule has 0 saturated heterocycles. The van der Waals surface area contributed by atoms with Crippen LogP contribution < -0.4 is 5.32 Å². The maximum Gasteiger partial charge on any atom is 0.256 e. The van der Waals surface area contributed by atoms with Crippen molar-refractivity contribution in [2.45, 2.75) is 26.9 Å². The lowest BCUT2D eigenvalue weighted by Crippen LogP contribution is -2.14. The first-order valence-electron chi connectivity index (χ1n) is 9.87. The third kappa shape index (κ3) is 4.92. The molecule has 1 amide bonds. The Hall–Kier alpha value is -2.97. The number of rotatable bonds is 6. The van der Waals surface area contributed by atoms with Crippen molar-refractivity contribution in [3.63, 3.8) is 0 Å². The summed E-state index contributed by atoms with van der Waals surface area (Å²) < 4.78 is 18.1. The highest BCUT2D eigenvalue weighted by atomic mass is 79.9. The van der Waals surface area contributed by atoms with Crippen molar-refractivity contribution < 1.29 is 9.18 Å². The van der Waals surface area contributed by atoms with Gasteiger partial charge in [-0.15, -0.1) is 0 Å². The summed E-state index contributed by atoms with van der Waals surface area (Å²) in [6.07, 6.45) is 1.66. The van der Waals surface area contributed by atoms with Crippen LogP contribution in [0, 0.1) is 19.7 Å². The second-order valence-corrected chi connectivity index (χ2v) is 8.72. The normalized spacial score (nSPS) is 11.0. The Balaban J connectivity index is 1.49. The molecule has 1 N–H and O–H groups in total. The second-order valence-electron chi connectivity index (χ2n) is 7.46. The molecule has 0 aliphatic carbocycles. The average molecular weight is 517 g/mol. The van der Waals surface area contributed by atoms with Crippen LogP contribution in [0.2, 0.25) is 5.02 Å². The molecule has 0 unspecified atom stereocenters. The van der Waals surface area contributed by atoms with E-state index in [1.54, 1.807) is 24.4 Å². The fraction of sp³-hybridized carbons (Fsp3) is 0.174. The van der Waals surface area contributed by atoms with Crippen LogP contribution in [0.15, 0.2) is 59.2 Å². The Kier molecular flexibility index (Phi) is 6.43. The molecule has 6 nitrogen and oxygen atoms in total. The molecular formula is C23H20BrClFN5O. The minimum atomic E-state index is -0.408. The zero-order chi connectivity index (χ0) is 22.8. The van der Waals surface area contributed by atoms with E-state index < -0.39 is 5.82 Å². The van der Waals surface area contributed by atoms with Gasteiger partial charge in [-0.2, -0.15) is 10.2 Å². The lowest BCUT2D eigenvalue weighted by molar-refractivity contribution is 0.102.